The summed E-state index contributed by atoms with van der Waals surface area (Å²) in [6.45, 7) is 5.54. The molecule has 108 valence electrons. The van der Waals surface area contributed by atoms with Crippen molar-refractivity contribution in [2.75, 3.05) is 40.5 Å². The number of thiophene rings is 1. The molecule has 0 saturated heterocycles. The third-order valence-corrected chi connectivity index (χ3v) is 3.60. The second-order valence-corrected chi connectivity index (χ2v) is 4.99. The lowest BCUT2D eigenvalue weighted by molar-refractivity contribution is 0.0733. The average Bonchev–Trinajstić information content (AvgIpc) is 2.83. The SMILES string of the molecule is CN=C(NCCOCCOC)NCc1sccc1C. The highest BCUT2D eigenvalue weighted by molar-refractivity contribution is 7.10. The molecule has 0 bridgehead atoms. The Morgan fingerprint density at radius 1 is 1.32 bits per heavy atom. The summed E-state index contributed by atoms with van der Waals surface area (Å²) in [5, 5.41) is 8.59. The van der Waals surface area contributed by atoms with Crippen LogP contribution in [0, 0.1) is 6.92 Å². The Morgan fingerprint density at radius 2 is 2.16 bits per heavy atom. The van der Waals surface area contributed by atoms with Gasteiger partial charge in [-0.15, -0.1) is 11.3 Å². The molecule has 0 atom stereocenters. The van der Waals surface area contributed by atoms with Crippen LogP contribution in [0.15, 0.2) is 16.4 Å². The zero-order chi connectivity index (χ0) is 13.9. The fraction of sp³-hybridized carbons (Fsp3) is 0.615. The molecule has 5 nitrogen and oxygen atoms in total. The Hall–Kier alpha value is -1.11. The van der Waals surface area contributed by atoms with Gasteiger partial charge >= 0.3 is 0 Å². The van der Waals surface area contributed by atoms with E-state index in [0.29, 0.717) is 19.8 Å². The topological polar surface area (TPSA) is 54.9 Å². The highest BCUT2D eigenvalue weighted by Crippen LogP contribution is 2.14. The van der Waals surface area contributed by atoms with E-state index in [-0.39, 0.29) is 0 Å². The summed E-state index contributed by atoms with van der Waals surface area (Å²) < 4.78 is 10.3. The standard InChI is InChI=1S/C13H23N3O2S/c1-11-4-9-19-12(11)10-16-13(14-2)15-5-6-18-8-7-17-3/h4,9H,5-8,10H2,1-3H3,(H2,14,15,16). The average molecular weight is 285 g/mol. The Morgan fingerprint density at radius 3 is 2.79 bits per heavy atom. The van der Waals surface area contributed by atoms with E-state index in [1.54, 1.807) is 25.5 Å². The fourth-order valence-electron chi connectivity index (χ4n) is 1.46. The Balaban J connectivity index is 2.15. The quantitative estimate of drug-likeness (QED) is 0.430. The summed E-state index contributed by atoms with van der Waals surface area (Å²) in [5.74, 6) is 0.795. The predicted octanol–water partition coefficient (Wildman–Crippen LogP) is 1.38. The van der Waals surface area contributed by atoms with Gasteiger partial charge < -0.3 is 20.1 Å². The molecule has 0 aliphatic carbocycles. The van der Waals surface area contributed by atoms with Crippen molar-refractivity contribution in [3.8, 4) is 0 Å². The first-order valence-corrected chi connectivity index (χ1v) is 7.20. The van der Waals surface area contributed by atoms with Crippen LogP contribution in [-0.4, -0.2) is 46.5 Å². The minimum atomic E-state index is 0.624. The van der Waals surface area contributed by atoms with Gasteiger partial charge in [0.2, 0.25) is 0 Å². The van der Waals surface area contributed by atoms with Gasteiger partial charge in [0.15, 0.2) is 5.96 Å². The largest absolute Gasteiger partial charge is 0.382 e. The number of aliphatic imine (C=N–C) groups is 1. The molecule has 0 radical (unpaired) electrons. The Kier molecular flexibility index (Phi) is 8.20. The predicted molar refractivity (Wildman–Crippen MR) is 80.0 cm³/mol. The third kappa shape index (κ3) is 6.56. The number of ether oxygens (including phenoxy) is 2. The lowest BCUT2D eigenvalue weighted by Gasteiger charge is -2.11. The monoisotopic (exact) mass is 285 g/mol. The van der Waals surface area contributed by atoms with E-state index in [1.165, 1.54) is 10.4 Å². The minimum absolute atomic E-state index is 0.624. The second kappa shape index (κ2) is 9.77. The van der Waals surface area contributed by atoms with Gasteiger partial charge in [0, 0.05) is 25.6 Å². The summed E-state index contributed by atoms with van der Waals surface area (Å²) in [4.78, 5) is 5.50. The lowest BCUT2D eigenvalue weighted by atomic mass is 10.3. The van der Waals surface area contributed by atoms with E-state index in [1.807, 2.05) is 0 Å². The van der Waals surface area contributed by atoms with E-state index in [2.05, 4.69) is 34.0 Å². The van der Waals surface area contributed by atoms with Gasteiger partial charge in [-0.2, -0.15) is 0 Å². The zero-order valence-corrected chi connectivity index (χ0v) is 12.7. The van der Waals surface area contributed by atoms with E-state index >= 15 is 0 Å². The molecular weight excluding hydrogens is 262 g/mol. The molecule has 1 heterocycles. The van der Waals surface area contributed by atoms with Crippen LogP contribution in [0.2, 0.25) is 0 Å². The molecular formula is C13H23N3O2S. The van der Waals surface area contributed by atoms with Gasteiger partial charge in [0.05, 0.1) is 26.4 Å². The fourth-order valence-corrected chi connectivity index (χ4v) is 2.30. The number of nitrogens with zero attached hydrogens (tertiary/aromatic N) is 1. The molecule has 0 unspecified atom stereocenters. The summed E-state index contributed by atoms with van der Waals surface area (Å²) in [5.41, 5.74) is 1.32. The van der Waals surface area contributed by atoms with Crippen LogP contribution in [-0.2, 0) is 16.0 Å². The summed E-state index contributed by atoms with van der Waals surface area (Å²) in [6, 6.07) is 2.13. The molecule has 19 heavy (non-hydrogen) atoms. The van der Waals surface area contributed by atoms with E-state index in [4.69, 9.17) is 9.47 Å². The molecule has 0 aliphatic rings. The maximum atomic E-state index is 5.37. The van der Waals surface area contributed by atoms with Gasteiger partial charge in [-0.25, -0.2) is 0 Å². The molecule has 0 aliphatic heterocycles. The normalized spacial score (nSPS) is 11.6. The smallest absolute Gasteiger partial charge is 0.191 e. The van der Waals surface area contributed by atoms with Crippen LogP contribution in [0.25, 0.3) is 0 Å². The highest BCUT2D eigenvalue weighted by atomic mass is 32.1. The number of hydrogen-bond donors (Lipinski definition) is 2. The molecule has 0 fully saturated rings. The minimum Gasteiger partial charge on any atom is -0.382 e. The first-order valence-electron chi connectivity index (χ1n) is 6.32. The van der Waals surface area contributed by atoms with Crippen LogP contribution < -0.4 is 10.6 Å². The number of nitrogens with one attached hydrogen (secondary N) is 2. The van der Waals surface area contributed by atoms with Gasteiger partial charge in [-0.05, 0) is 23.9 Å². The number of aryl methyl sites for hydroxylation is 1. The zero-order valence-electron chi connectivity index (χ0n) is 11.9. The van der Waals surface area contributed by atoms with E-state index in [0.717, 1.165) is 19.0 Å². The number of guanidine groups is 1. The number of methoxy groups -OCH3 is 1. The second-order valence-electron chi connectivity index (χ2n) is 3.98. The van der Waals surface area contributed by atoms with Crippen LogP contribution in [0.5, 0.6) is 0 Å². The van der Waals surface area contributed by atoms with Crippen molar-refractivity contribution in [2.24, 2.45) is 4.99 Å². The van der Waals surface area contributed by atoms with Crippen molar-refractivity contribution in [3.05, 3.63) is 21.9 Å². The van der Waals surface area contributed by atoms with Gasteiger partial charge in [-0.3, -0.25) is 4.99 Å². The Labute approximate surface area is 119 Å². The molecule has 1 aromatic rings. The van der Waals surface area contributed by atoms with Gasteiger partial charge in [-0.1, -0.05) is 0 Å². The van der Waals surface area contributed by atoms with Gasteiger partial charge in [0.25, 0.3) is 0 Å². The summed E-state index contributed by atoms with van der Waals surface area (Å²) in [7, 11) is 3.43. The van der Waals surface area contributed by atoms with E-state index in [9.17, 15) is 0 Å². The van der Waals surface area contributed by atoms with E-state index < -0.39 is 0 Å². The summed E-state index contributed by atoms with van der Waals surface area (Å²) in [6.07, 6.45) is 0. The molecule has 2 N–H and O–H groups in total. The number of hydrogen-bond acceptors (Lipinski definition) is 4. The van der Waals surface area contributed by atoms with Crippen LogP contribution in [0.4, 0.5) is 0 Å². The Bertz CT molecular complexity index is 380. The molecule has 1 aromatic heterocycles. The maximum Gasteiger partial charge on any atom is 0.191 e. The van der Waals surface area contributed by atoms with Crippen molar-refractivity contribution in [3.63, 3.8) is 0 Å². The summed E-state index contributed by atoms with van der Waals surface area (Å²) >= 11 is 1.76. The molecule has 1 rings (SSSR count). The van der Waals surface area contributed by atoms with Crippen molar-refractivity contribution >= 4 is 17.3 Å². The maximum absolute atomic E-state index is 5.37. The molecule has 0 spiro atoms. The first-order chi connectivity index (χ1) is 9.27. The van der Waals surface area contributed by atoms with Crippen molar-refractivity contribution in [1.82, 2.24) is 10.6 Å². The molecule has 0 aromatic carbocycles. The van der Waals surface area contributed by atoms with Crippen molar-refractivity contribution in [2.45, 2.75) is 13.5 Å². The first kappa shape index (κ1) is 15.9. The molecule has 6 heteroatoms. The van der Waals surface area contributed by atoms with Crippen LogP contribution in [0.1, 0.15) is 10.4 Å². The lowest BCUT2D eigenvalue weighted by Crippen LogP contribution is -2.38. The van der Waals surface area contributed by atoms with Crippen molar-refractivity contribution < 1.29 is 9.47 Å². The van der Waals surface area contributed by atoms with Crippen LogP contribution >= 0.6 is 11.3 Å². The highest BCUT2D eigenvalue weighted by Gasteiger charge is 2.01. The molecule has 0 amide bonds. The van der Waals surface area contributed by atoms with Crippen molar-refractivity contribution in [1.29, 1.82) is 0 Å². The van der Waals surface area contributed by atoms with Gasteiger partial charge in [0.1, 0.15) is 0 Å². The molecule has 0 saturated carbocycles. The number of rotatable bonds is 8. The third-order valence-electron chi connectivity index (χ3n) is 2.58. The van der Waals surface area contributed by atoms with Crippen LogP contribution in [0.3, 0.4) is 0 Å².